The number of ether oxygens (including phenoxy) is 1. The van der Waals surface area contributed by atoms with Crippen molar-refractivity contribution >= 4 is 10.2 Å². The van der Waals surface area contributed by atoms with Gasteiger partial charge in [0.25, 0.3) is 10.2 Å². The van der Waals surface area contributed by atoms with Crippen LogP contribution in [0.5, 0.6) is 5.75 Å². The van der Waals surface area contributed by atoms with Crippen molar-refractivity contribution in [3.05, 3.63) is 29.8 Å². The molecule has 0 aromatic heterocycles. The zero-order valence-electron chi connectivity index (χ0n) is 14.9. The number of aryl methyl sites for hydroxylation is 1. The molecular weight excluding hydrogens is 326 g/mol. The molecule has 1 heterocycles. The van der Waals surface area contributed by atoms with Gasteiger partial charge in [0.15, 0.2) is 0 Å². The van der Waals surface area contributed by atoms with Gasteiger partial charge in [0.05, 0.1) is 0 Å². The van der Waals surface area contributed by atoms with Crippen LogP contribution in [-0.4, -0.2) is 74.3 Å². The highest BCUT2D eigenvalue weighted by Crippen LogP contribution is 2.14. The summed E-state index contributed by atoms with van der Waals surface area (Å²) in [4.78, 5) is 2.25. The second kappa shape index (κ2) is 8.80. The molecule has 1 fully saturated rings. The second-order valence-electron chi connectivity index (χ2n) is 6.00. The molecule has 0 N–H and O–H groups in total. The zero-order chi connectivity index (χ0) is 17.6. The largest absolute Gasteiger partial charge is 0.492 e. The van der Waals surface area contributed by atoms with E-state index in [1.165, 1.54) is 9.87 Å². The summed E-state index contributed by atoms with van der Waals surface area (Å²) in [6.07, 6.45) is 0. The second-order valence-corrected chi connectivity index (χ2v) is 7.93. The molecule has 0 radical (unpaired) electrons. The normalized spacial score (nSPS) is 17.3. The van der Waals surface area contributed by atoms with Gasteiger partial charge in [0, 0.05) is 45.8 Å². The molecular formula is C17H29N3O3S. The minimum atomic E-state index is -3.31. The first kappa shape index (κ1) is 19.2. The Kier molecular flexibility index (Phi) is 7.03. The highest BCUT2D eigenvalue weighted by Gasteiger charge is 2.30. The standard InChI is InChI=1S/C17H29N3O3S/c1-4-19(5-2)24(21,22)20-11-9-18(10-12-20)13-14-23-17-8-6-7-16(3)15-17/h6-8,15H,4-5,9-14H2,1-3H3. The Bertz CT molecular complexity index is 609. The quantitative estimate of drug-likeness (QED) is 0.710. The lowest BCUT2D eigenvalue weighted by atomic mass is 10.2. The van der Waals surface area contributed by atoms with E-state index in [4.69, 9.17) is 4.74 Å². The Morgan fingerprint density at radius 2 is 1.79 bits per heavy atom. The van der Waals surface area contributed by atoms with Gasteiger partial charge in [-0.15, -0.1) is 0 Å². The Morgan fingerprint density at radius 3 is 2.38 bits per heavy atom. The van der Waals surface area contributed by atoms with Gasteiger partial charge in [-0.3, -0.25) is 4.90 Å². The molecule has 1 aliphatic rings. The maximum Gasteiger partial charge on any atom is 0.282 e. The highest BCUT2D eigenvalue weighted by atomic mass is 32.2. The van der Waals surface area contributed by atoms with Crippen LogP contribution >= 0.6 is 0 Å². The maximum atomic E-state index is 12.5. The summed E-state index contributed by atoms with van der Waals surface area (Å²) in [5, 5.41) is 0. The van der Waals surface area contributed by atoms with E-state index in [0.717, 1.165) is 25.4 Å². The molecule has 1 saturated heterocycles. The molecule has 0 amide bonds. The molecule has 24 heavy (non-hydrogen) atoms. The molecule has 0 saturated carbocycles. The predicted octanol–water partition coefficient (Wildman–Crippen LogP) is 1.58. The molecule has 1 aromatic carbocycles. The average Bonchev–Trinajstić information content (AvgIpc) is 2.56. The molecule has 0 unspecified atom stereocenters. The van der Waals surface area contributed by atoms with E-state index in [9.17, 15) is 8.42 Å². The summed E-state index contributed by atoms with van der Waals surface area (Å²) in [5.74, 6) is 0.887. The van der Waals surface area contributed by atoms with E-state index >= 15 is 0 Å². The number of rotatable bonds is 8. The van der Waals surface area contributed by atoms with Gasteiger partial charge in [0.1, 0.15) is 12.4 Å². The van der Waals surface area contributed by atoms with Crippen LogP contribution in [0.1, 0.15) is 19.4 Å². The van der Waals surface area contributed by atoms with Gasteiger partial charge in [0.2, 0.25) is 0 Å². The van der Waals surface area contributed by atoms with Crippen molar-refractivity contribution in [3.63, 3.8) is 0 Å². The topological polar surface area (TPSA) is 53.1 Å². The van der Waals surface area contributed by atoms with Gasteiger partial charge in [-0.05, 0) is 24.6 Å². The van der Waals surface area contributed by atoms with E-state index in [0.29, 0.717) is 32.8 Å². The van der Waals surface area contributed by atoms with Gasteiger partial charge in [-0.25, -0.2) is 0 Å². The van der Waals surface area contributed by atoms with Crippen LogP contribution in [0.25, 0.3) is 0 Å². The Labute approximate surface area is 146 Å². The molecule has 2 rings (SSSR count). The molecule has 0 aliphatic carbocycles. The van der Waals surface area contributed by atoms with Crippen molar-refractivity contribution < 1.29 is 13.2 Å². The smallest absolute Gasteiger partial charge is 0.282 e. The van der Waals surface area contributed by atoms with E-state index in [1.54, 1.807) is 4.31 Å². The van der Waals surface area contributed by atoms with Gasteiger partial charge < -0.3 is 4.74 Å². The predicted molar refractivity (Wildman–Crippen MR) is 96.5 cm³/mol. The van der Waals surface area contributed by atoms with Crippen molar-refractivity contribution in [2.45, 2.75) is 20.8 Å². The van der Waals surface area contributed by atoms with Crippen LogP contribution in [-0.2, 0) is 10.2 Å². The Balaban J connectivity index is 1.76. The van der Waals surface area contributed by atoms with Crippen molar-refractivity contribution in [1.29, 1.82) is 0 Å². The highest BCUT2D eigenvalue weighted by molar-refractivity contribution is 7.86. The van der Waals surface area contributed by atoms with Crippen molar-refractivity contribution in [1.82, 2.24) is 13.5 Å². The third-order valence-corrected chi connectivity index (χ3v) is 6.54. The first-order chi connectivity index (χ1) is 11.5. The summed E-state index contributed by atoms with van der Waals surface area (Å²) in [6, 6.07) is 8.01. The van der Waals surface area contributed by atoms with E-state index in [-0.39, 0.29) is 0 Å². The molecule has 1 aliphatic heterocycles. The number of benzene rings is 1. The van der Waals surface area contributed by atoms with E-state index in [1.807, 2.05) is 45.0 Å². The SMILES string of the molecule is CCN(CC)S(=O)(=O)N1CCN(CCOc2cccc(C)c2)CC1. The Hall–Kier alpha value is -1.15. The monoisotopic (exact) mass is 355 g/mol. The van der Waals surface area contributed by atoms with Crippen LogP contribution < -0.4 is 4.74 Å². The first-order valence-electron chi connectivity index (χ1n) is 8.64. The third kappa shape index (κ3) is 4.92. The van der Waals surface area contributed by atoms with Gasteiger partial charge in [-0.2, -0.15) is 17.0 Å². The number of hydrogen-bond donors (Lipinski definition) is 0. The fourth-order valence-corrected chi connectivity index (χ4v) is 4.50. The summed E-state index contributed by atoms with van der Waals surface area (Å²) in [7, 11) is -3.31. The number of piperazine rings is 1. The minimum absolute atomic E-state index is 0.517. The third-order valence-electron chi connectivity index (χ3n) is 4.36. The van der Waals surface area contributed by atoms with Crippen molar-refractivity contribution in [3.8, 4) is 5.75 Å². The molecule has 0 spiro atoms. The summed E-state index contributed by atoms with van der Waals surface area (Å²) >= 11 is 0. The van der Waals surface area contributed by atoms with Crippen LogP contribution in [0.4, 0.5) is 0 Å². The molecule has 7 heteroatoms. The number of hydrogen-bond acceptors (Lipinski definition) is 4. The summed E-state index contributed by atoms with van der Waals surface area (Å²) in [5.41, 5.74) is 1.18. The lowest BCUT2D eigenvalue weighted by molar-refractivity contribution is 0.155. The summed E-state index contributed by atoms with van der Waals surface area (Å²) in [6.45, 7) is 10.8. The fourth-order valence-electron chi connectivity index (χ4n) is 2.89. The van der Waals surface area contributed by atoms with Crippen LogP contribution in [0.2, 0.25) is 0 Å². The van der Waals surface area contributed by atoms with E-state index < -0.39 is 10.2 Å². The van der Waals surface area contributed by atoms with Crippen LogP contribution in [0, 0.1) is 6.92 Å². The molecule has 136 valence electrons. The molecule has 6 nitrogen and oxygen atoms in total. The van der Waals surface area contributed by atoms with Crippen LogP contribution in [0.15, 0.2) is 24.3 Å². The maximum absolute atomic E-state index is 12.5. The first-order valence-corrected chi connectivity index (χ1v) is 10.0. The molecule has 0 atom stereocenters. The van der Waals surface area contributed by atoms with Gasteiger partial charge in [-0.1, -0.05) is 26.0 Å². The lowest BCUT2D eigenvalue weighted by Gasteiger charge is -2.36. The van der Waals surface area contributed by atoms with E-state index in [2.05, 4.69) is 4.90 Å². The summed E-state index contributed by atoms with van der Waals surface area (Å²) < 4.78 is 33.9. The minimum Gasteiger partial charge on any atom is -0.492 e. The molecule has 1 aromatic rings. The Morgan fingerprint density at radius 1 is 1.12 bits per heavy atom. The average molecular weight is 356 g/mol. The lowest BCUT2D eigenvalue weighted by Crippen LogP contribution is -2.53. The molecule has 0 bridgehead atoms. The fraction of sp³-hybridized carbons (Fsp3) is 0.647. The van der Waals surface area contributed by atoms with Crippen molar-refractivity contribution in [2.24, 2.45) is 0 Å². The van der Waals surface area contributed by atoms with Crippen LogP contribution in [0.3, 0.4) is 0 Å². The van der Waals surface area contributed by atoms with Crippen molar-refractivity contribution in [2.75, 3.05) is 52.4 Å². The number of nitrogens with zero attached hydrogens (tertiary/aromatic N) is 3. The van der Waals surface area contributed by atoms with Gasteiger partial charge >= 0.3 is 0 Å². The zero-order valence-corrected chi connectivity index (χ0v) is 15.8.